The Morgan fingerprint density at radius 1 is 1.27 bits per heavy atom. The van der Waals surface area contributed by atoms with Crippen molar-refractivity contribution in [1.82, 2.24) is 10.3 Å². The van der Waals surface area contributed by atoms with Gasteiger partial charge in [0, 0.05) is 11.1 Å². The van der Waals surface area contributed by atoms with E-state index in [1.165, 1.54) is 29.6 Å². The molecule has 0 radical (unpaired) electrons. The van der Waals surface area contributed by atoms with Crippen molar-refractivity contribution in [2.75, 3.05) is 0 Å². The molecule has 26 heavy (non-hydrogen) atoms. The first-order valence-corrected chi connectivity index (χ1v) is 9.33. The average molecular weight is 412 g/mol. The molecule has 1 aromatic heterocycles. The van der Waals surface area contributed by atoms with Crippen LogP contribution in [0.5, 0.6) is 0 Å². The number of hydrogen-bond donors (Lipinski definition) is 1. The predicted octanol–water partition coefficient (Wildman–Crippen LogP) is 5.05. The quantitative estimate of drug-likeness (QED) is 0.565. The number of thiocarbonyl (C=S) groups is 1. The Labute approximate surface area is 161 Å². The van der Waals surface area contributed by atoms with E-state index < -0.39 is 11.7 Å². The van der Waals surface area contributed by atoms with Crippen molar-refractivity contribution in [2.45, 2.75) is 23.0 Å². The molecule has 2 heterocycles. The molecule has 1 saturated heterocycles. The van der Waals surface area contributed by atoms with Crippen molar-refractivity contribution in [2.24, 2.45) is 0 Å². The molecule has 0 spiro atoms. The molecule has 9 heteroatoms. The smallest absolute Gasteiger partial charge is 0.307 e. The van der Waals surface area contributed by atoms with Gasteiger partial charge in [-0.05, 0) is 36.8 Å². The lowest BCUT2D eigenvalue weighted by molar-refractivity contribution is -0.137. The second-order valence-electron chi connectivity index (χ2n) is 5.38. The average Bonchev–Trinajstić information content (AvgIpc) is 2.87. The second-order valence-corrected chi connectivity index (χ2v) is 8.16. The number of carbonyl (C=O) groups excluding carboxylic acids is 1. The van der Waals surface area contributed by atoms with Crippen LogP contribution < -0.4 is 5.32 Å². The van der Waals surface area contributed by atoms with Crippen LogP contribution in [0.4, 0.5) is 13.2 Å². The highest BCUT2D eigenvalue weighted by molar-refractivity contribution is 8.26. The molecule has 0 atom stereocenters. The third kappa shape index (κ3) is 4.46. The summed E-state index contributed by atoms with van der Waals surface area (Å²) in [5, 5.41) is 2.98. The summed E-state index contributed by atoms with van der Waals surface area (Å²) in [6.07, 6.45) is -1.88. The fourth-order valence-electron chi connectivity index (χ4n) is 2.16. The van der Waals surface area contributed by atoms with Gasteiger partial charge in [0.25, 0.3) is 5.91 Å². The number of aromatic nitrogens is 1. The molecule has 134 valence electrons. The molecule has 0 aliphatic carbocycles. The molecule has 0 unspecified atom stereocenters. The van der Waals surface area contributed by atoms with Crippen LogP contribution in [0.3, 0.4) is 0 Å². The SMILES string of the molecule is Cc1ccc(Sc2ccc(C(F)(F)F)cn2)c(/C=C2\SC(=S)NC2=O)c1. The molecule has 1 N–H and O–H groups in total. The van der Waals surface area contributed by atoms with Gasteiger partial charge in [0.2, 0.25) is 0 Å². The molecule has 1 aliphatic rings. The Hall–Kier alpha value is -1.84. The van der Waals surface area contributed by atoms with Gasteiger partial charge in [0.15, 0.2) is 0 Å². The number of halogens is 3. The summed E-state index contributed by atoms with van der Waals surface area (Å²) in [5.41, 5.74) is 0.979. The summed E-state index contributed by atoms with van der Waals surface area (Å²) in [4.78, 5) is 17.0. The summed E-state index contributed by atoms with van der Waals surface area (Å²) < 4.78 is 38.3. The van der Waals surface area contributed by atoms with Crippen LogP contribution in [-0.2, 0) is 11.0 Å². The van der Waals surface area contributed by atoms with Gasteiger partial charge in [-0.15, -0.1) is 0 Å². The molecule has 3 rings (SSSR count). The minimum absolute atomic E-state index is 0.259. The van der Waals surface area contributed by atoms with E-state index in [0.29, 0.717) is 14.3 Å². The summed E-state index contributed by atoms with van der Waals surface area (Å²) in [6.45, 7) is 1.92. The summed E-state index contributed by atoms with van der Waals surface area (Å²) in [7, 11) is 0. The van der Waals surface area contributed by atoms with Gasteiger partial charge >= 0.3 is 6.18 Å². The number of aryl methyl sites for hydroxylation is 1. The first kappa shape index (κ1) is 18.9. The topological polar surface area (TPSA) is 42.0 Å². The van der Waals surface area contributed by atoms with Crippen LogP contribution in [0, 0.1) is 6.92 Å². The lowest BCUT2D eigenvalue weighted by atomic mass is 10.1. The number of benzene rings is 1. The van der Waals surface area contributed by atoms with E-state index in [2.05, 4.69) is 10.3 Å². The first-order valence-electron chi connectivity index (χ1n) is 7.29. The van der Waals surface area contributed by atoms with Crippen molar-refractivity contribution in [3.63, 3.8) is 0 Å². The molecular weight excluding hydrogens is 401 g/mol. The molecule has 1 amide bonds. The number of alkyl halides is 3. The Morgan fingerprint density at radius 3 is 2.62 bits per heavy atom. The van der Waals surface area contributed by atoms with Crippen molar-refractivity contribution in [1.29, 1.82) is 0 Å². The molecule has 0 bridgehead atoms. The van der Waals surface area contributed by atoms with E-state index in [1.807, 2.05) is 25.1 Å². The number of nitrogens with zero attached hydrogens (tertiary/aromatic N) is 1. The van der Waals surface area contributed by atoms with Crippen LogP contribution in [-0.4, -0.2) is 15.2 Å². The van der Waals surface area contributed by atoms with E-state index in [1.54, 1.807) is 6.08 Å². The summed E-state index contributed by atoms with van der Waals surface area (Å²) >= 11 is 7.39. The van der Waals surface area contributed by atoms with Crippen molar-refractivity contribution >= 4 is 52.0 Å². The van der Waals surface area contributed by atoms with Gasteiger partial charge in [-0.2, -0.15) is 13.2 Å². The van der Waals surface area contributed by atoms with Crippen molar-refractivity contribution < 1.29 is 18.0 Å². The van der Waals surface area contributed by atoms with Gasteiger partial charge < -0.3 is 5.32 Å². The van der Waals surface area contributed by atoms with Crippen LogP contribution in [0.15, 0.2) is 51.4 Å². The van der Waals surface area contributed by atoms with E-state index in [4.69, 9.17) is 12.2 Å². The number of rotatable bonds is 3. The molecule has 2 aromatic rings. The highest BCUT2D eigenvalue weighted by atomic mass is 32.2. The molecule has 1 aromatic carbocycles. The van der Waals surface area contributed by atoms with Crippen LogP contribution in [0.1, 0.15) is 16.7 Å². The number of nitrogens with one attached hydrogen (secondary N) is 1. The van der Waals surface area contributed by atoms with Gasteiger partial charge in [-0.1, -0.05) is 53.4 Å². The summed E-state index contributed by atoms with van der Waals surface area (Å²) in [5.74, 6) is -0.259. The maximum atomic E-state index is 12.6. The van der Waals surface area contributed by atoms with Gasteiger partial charge in [0.05, 0.1) is 10.5 Å². The number of amides is 1. The fourth-order valence-corrected chi connectivity index (χ4v) is 4.03. The fraction of sp³-hybridized carbons (Fsp3) is 0.118. The number of pyridine rings is 1. The monoisotopic (exact) mass is 412 g/mol. The predicted molar refractivity (Wildman–Crippen MR) is 101 cm³/mol. The zero-order valence-electron chi connectivity index (χ0n) is 13.3. The van der Waals surface area contributed by atoms with Crippen LogP contribution in [0.2, 0.25) is 0 Å². The Balaban J connectivity index is 1.90. The van der Waals surface area contributed by atoms with Gasteiger partial charge in [-0.25, -0.2) is 4.98 Å². The van der Waals surface area contributed by atoms with E-state index in [0.717, 1.165) is 28.3 Å². The minimum atomic E-state index is -4.42. The zero-order valence-corrected chi connectivity index (χ0v) is 15.7. The standard InChI is InChI=1S/C17H11F3N2OS3/c1-9-2-4-12(10(6-9)7-13-15(23)22-16(24)26-13)25-14-5-3-11(8-21-14)17(18,19)20/h2-8H,1H3,(H,22,23,24)/b13-7-. The van der Waals surface area contributed by atoms with E-state index in [9.17, 15) is 18.0 Å². The molecule has 3 nitrogen and oxygen atoms in total. The Bertz CT molecular complexity index is 908. The maximum Gasteiger partial charge on any atom is 0.417 e. The van der Waals surface area contributed by atoms with Crippen LogP contribution >= 0.6 is 35.7 Å². The maximum absolute atomic E-state index is 12.6. The zero-order chi connectivity index (χ0) is 18.9. The highest BCUT2D eigenvalue weighted by Crippen LogP contribution is 2.35. The largest absolute Gasteiger partial charge is 0.417 e. The van der Waals surface area contributed by atoms with E-state index in [-0.39, 0.29) is 5.91 Å². The van der Waals surface area contributed by atoms with Gasteiger partial charge in [0.1, 0.15) is 9.35 Å². The first-order chi connectivity index (χ1) is 12.2. The Kier molecular flexibility index (Phi) is 5.40. The number of carbonyl (C=O) groups is 1. The highest BCUT2D eigenvalue weighted by Gasteiger charge is 2.30. The normalized spacial score (nSPS) is 16.2. The van der Waals surface area contributed by atoms with Gasteiger partial charge in [-0.3, -0.25) is 4.79 Å². The molecule has 1 aliphatic heterocycles. The molecule has 1 fully saturated rings. The van der Waals surface area contributed by atoms with Crippen molar-refractivity contribution in [3.8, 4) is 0 Å². The second kappa shape index (κ2) is 7.42. The summed E-state index contributed by atoms with van der Waals surface area (Å²) in [6, 6.07) is 7.97. The minimum Gasteiger partial charge on any atom is -0.307 e. The third-order valence-corrected chi connectivity index (χ3v) is 5.58. The lowest BCUT2D eigenvalue weighted by Gasteiger charge is -2.09. The lowest BCUT2D eigenvalue weighted by Crippen LogP contribution is -2.17. The Morgan fingerprint density at radius 2 is 2.04 bits per heavy atom. The third-order valence-electron chi connectivity index (χ3n) is 3.37. The molecule has 0 saturated carbocycles. The number of thioether (sulfide) groups is 1. The van der Waals surface area contributed by atoms with Crippen LogP contribution in [0.25, 0.3) is 6.08 Å². The van der Waals surface area contributed by atoms with Crippen molar-refractivity contribution in [3.05, 3.63) is 58.1 Å². The molecular formula is C17H11F3N2OS3. The number of hydrogen-bond acceptors (Lipinski definition) is 5. The van der Waals surface area contributed by atoms with E-state index >= 15 is 0 Å².